The normalized spacial score (nSPS) is 10.5. The minimum Gasteiger partial charge on any atom is -0.467 e. The van der Waals surface area contributed by atoms with Crippen molar-refractivity contribution in [2.75, 3.05) is 13.7 Å². The van der Waals surface area contributed by atoms with Crippen molar-refractivity contribution >= 4 is 22.9 Å². The minimum absolute atomic E-state index is 0.262. The maximum atomic E-state index is 11.8. The number of aromatic nitrogens is 3. The third kappa shape index (κ3) is 3.35. The van der Waals surface area contributed by atoms with E-state index >= 15 is 0 Å². The second kappa shape index (κ2) is 6.82. The Labute approximate surface area is 136 Å². The molecule has 24 heavy (non-hydrogen) atoms. The van der Waals surface area contributed by atoms with E-state index in [9.17, 15) is 9.59 Å². The number of nitrogens with zero attached hydrogens (tertiary/aromatic N) is 3. The van der Waals surface area contributed by atoms with Crippen LogP contribution in [0.3, 0.4) is 0 Å². The summed E-state index contributed by atoms with van der Waals surface area (Å²) in [5, 5.41) is 10.3. The van der Waals surface area contributed by atoms with Crippen molar-refractivity contribution in [3.63, 3.8) is 0 Å². The fourth-order valence-electron chi connectivity index (χ4n) is 2.01. The van der Waals surface area contributed by atoms with Crippen LogP contribution < -0.4 is 10.2 Å². The average Bonchev–Trinajstić information content (AvgIpc) is 3.26. The van der Waals surface area contributed by atoms with E-state index in [-0.39, 0.29) is 19.1 Å². The molecule has 0 saturated heterocycles. The number of furan rings is 1. The zero-order valence-electron chi connectivity index (χ0n) is 12.8. The molecule has 0 atom stereocenters. The third-order valence-corrected chi connectivity index (χ3v) is 3.19. The number of hydrogen-bond acceptors (Lipinski definition) is 7. The van der Waals surface area contributed by atoms with Gasteiger partial charge in [0.2, 0.25) is 0 Å². The van der Waals surface area contributed by atoms with Gasteiger partial charge in [0.15, 0.2) is 6.61 Å². The van der Waals surface area contributed by atoms with Gasteiger partial charge in [-0.3, -0.25) is 4.79 Å². The van der Waals surface area contributed by atoms with Gasteiger partial charge in [-0.1, -0.05) is 4.85 Å². The van der Waals surface area contributed by atoms with Crippen LogP contribution in [-0.4, -0.2) is 40.8 Å². The van der Waals surface area contributed by atoms with Crippen molar-refractivity contribution in [1.29, 1.82) is 0 Å². The molecule has 3 rings (SSSR count). The Morgan fingerprint density at radius 2 is 2.21 bits per heavy atom. The van der Waals surface area contributed by atoms with Crippen molar-refractivity contribution in [1.82, 2.24) is 20.5 Å². The molecular formula is C15H14N4O5. The molecular weight excluding hydrogens is 316 g/mol. The van der Waals surface area contributed by atoms with Gasteiger partial charge in [-0.25, -0.2) is 4.79 Å². The van der Waals surface area contributed by atoms with Gasteiger partial charge in [-0.2, -0.15) is 0 Å². The Morgan fingerprint density at radius 3 is 2.96 bits per heavy atom. The summed E-state index contributed by atoms with van der Waals surface area (Å²) in [5.74, 6) is -0.197. The number of carbonyl (C=O) groups excluding carboxylic acids is 2. The molecule has 0 radical (unpaired) electrons. The summed E-state index contributed by atoms with van der Waals surface area (Å²) >= 11 is 0. The van der Waals surface area contributed by atoms with Gasteiger partial charge in [0.25, 0.3) is 5.91 Å². The van der Waals surface area contributed by atoms with Gasteiger partial charge in [-0.05, 0) is 35.5 Å². The zero-order valence-corrected chi connectivity index (χ0v) is 12.8. The molecule has 0 fully saturated rings. The molecule has 124 valence electrons. The molecule has 0 spiro atoms. The summed E-state index contributed by atoms with van der Waals surface area (Å²) in [6, 6.07) is 8.20. The lowest BCUT2D eigenvalue weighted by atomic mass is 10.2. The number of benzene rings is 1. The predicted molar refractivity (Wildman–Crippen MR) is 80.9 cm³/mol. The summed E-state index contributed by atoms with van der Waals surface area (Å²) in [5.41, 5.74) is 1.31. The van der Waals surface area contributed by atoms with Crippen LogP contribution in [0.5, 0.6) is 0 Å². The maximum Gasteiger partial charge on any atom is 0.337 e. The Bertz CT molecular complexity index is 856. The molecule has 1 N–H and O–H groups in total. The topological polar surface area (TPSA) is 108 Å². The van der Waals surface area contributed by atoms with Gasteiger partial charge in [0.1, 0.15) is 16.8 Å². The van der Waals surface area contributed by atoms with Crippen LogP contribution in [0, 0.1) is 0 Å². The van der Waals surface area contributed by atoms with Crippen LogP contribution in [-0.2, 0) is 16.1 Å². The molecule has 0 aliphatic heterocycles. The number of nitrogens with one attached hydrogen (secondary N) is 1. The zero-order chi connectivity index (χ0) is 16.9. The van der Waals surface area contributed by atoms with Crippen molar-refractivity contribution in [2.45, 2.75) is 6.54 Å². The third-order valence-electron chi connectivity index (χ3n) is 3.19. The Morgan fingerprint density at radius 1 is 1.33 bits per heavy atom. The molecule has 9 nitrogen and oxygen atoms in total. The highest BCUT2D eigenvalue weighted by atomic mass is 16.7. The molecule has 0 bridgehead atoms. The number of esters is 1. The quantitative estimate of drug-likeness (QED) is 0.658. The average molecular weight is 330 g/mol. The highest BCUT2D eigenvalue weighted by molar-refractivity contribution is 5.93. The maximum absolute atomic E-state index is 11.8. The minimum atomic E-state index is -0.485. The lowest BCUT2D eigenvalue weighted by molar-refractivity contribution is -0.126. The van der Waals surface area contributed by atoms with Crippen molar-refractivity contribution in [2.24, 2.45) is 0 Å². The number of amides is 1. The molecule has 3 aromatic rings. The first-order valence-corrected chi connectivity index (χ1v) is 7.03. The Balaban J connectivity index is 1.64. The van der Waals surface area contributed by atoms with Crippen LogP contribution in [0.2, 0.25) is 0 Å². The lowest BCUT2D eigenvalue weighted by Crippen LogP contribution is -2.31. The van der Waals surface area contributed by atoms with Gasteiger partial charge in [-0.15, -0.1) is 5.10 Å². The summed E-state index contributed by atoms with van der Waals surface area (Å²) in [7, 11) is 1.29. The number of fused-ring (bicyclic) bond motifs is 1. The monoisotopic (exact) mass is 330 g/mol. The number of hydrogen-bond donors (Lipinski definition) is 1. The molecule has 0 aliphatic rings. The first-order chi connectivity index (χ1) is 11.7. The van der Waals surface area contributed by atoms with E-state index in [1.54, 1.807) is 24.3 Å². The van der Waals surface area contributed by atoms with Crippen LogP contribution in [0.4, 0.5) is 0 Å². The first kappa shape index (κ1) is 15.5. The van der Waals surface area contributed by atoms with Gasteiger partial charge in [0.05, 0.1) is 25.5 Å². The molecule has 1 aromatic carbocycles. The standard InChI is InChI=1S/C15H14N4O5/c1-22-15(21)10-4-5-12-13(7-10)19(18-17-12)24-9-14(20)16-8-11-3-2-6-23-11/h2-7H,8-9H2,1H3,(H,16,20). The van der Waals surface area contributed by atoms with E-state index in [0.29, 0.717) is 22.4 Å². The number of carbonyl (C=O) groups is 2. The van der Waals surface area contributed by atoms with E-state index in [2.05, 4.69) is 20.4 Å². The van der Waals surface area contributed by atoms with E-state index < -0.39 is 5.97 Å². The largest absolute Gasteiger partial charge is 0.467 e. The van der Waals surface area contributed by atoms with Crippen LogP contribution >= 0.6 is 0 Å². The van der Waals surface area contributed by atoms with Gasteiger partial charge >= 0.3 is 5.97 Å². The Hall–Kier alpha value is -3.36. The van der Waals surface area contributed by atoms with E-state index in [0.717, 1.165) is 4.85 Å². The fourth-order valence-corrected chi connectivity index (χ4v) is 2.01. The van der Waals surface area contributed by atoms with Crippen LogP contribution in [0.1, 0.15) is 16.1 Å². The fraction of sp³-hybridized carbons (Fsp3) is 0.200. The van der Waals surface area contributed by atoms with Gasteiger partial charge < -0.3 is 19.3 Å². The summed E-state index contributed by atoms with van der Waals surface area (Å²) in [4.78, 5) is 29.7. The van der Waals surface area contributed by atoms with E-state index in [1.807, 2.05) is 0 Å². The highest BCUT2D eigenvalue weighted by Crippen LogP contribution is 2.13. The number of ether oxygens (including phenoxy) is 1. The smallest absolute Gasteiger partial charge is 0.337 e. The molecule has 0 aliphatic carbocycles. The molecule has 0 saturated carbocycles. The van der Waals surface area contributed by atoms with E-state index in [1.165, 1.54) is 19.4 Å². The second-order valence-electron chi connectivity index (χ2n) is 4.79. The predicted octanol–water partition coefficient (Wildman–Crippen LogP) is 0.556. The van der Waals surface area contributed by atoms with Crippen molar-refractivity contribution in [3.8, 4) is 0 Å². The van der Waals surface area contributed by atoms with E-state index in [4.69, 9.17) is 9.25 Å². The number of rotatable bonds is 6. The van der Waals surface area contributed by atoms with Crippen molar-refractivity contribution in [3.05, 3.63) is 47.9 Å². The lowest BCUT2D eigenvalue weighted by Gasteiger charge is -2.06. The van der Waals surface area contributed by atoms with Crippen LogP contribution in [0.25, 0.3) is 11.0 Å². The summed E-state index contributed by atoms with van der Waals surface area (Å²) in [6.07, 6.45) is 1.53. The molecule has 0 unspecified atom stereocenters. The Kier molecular flexibility index (Phi) is 4.41. The van der Waals surface area contributed by atoms with Crippen molar-refractivity contribution < 1.29 is 23.6 Å². The number of methoxy groups -OCH3 is 1. The summed E-state index contributed by atoms with van der Waals surface area (Å²) in [6.45, 7) is 0.00140. The van der Waals surface area contributed by atoms with Crippen LogP contribution in [0.15, 0.2) is 41.0 Å². The summed E-state index contributed by atoms with van der Waals surface area (Å²) < 4.78 is 9.78. The second-order valence-corrected chi connectivity index (χ2v) is 4.79. The molecule has 1 amide bonds. The SMILES string of the molecule is COC(=O)c1ccc2nnn(OCC(=O)NCc3ccco3)c2c1. The molecule has 9 heteroatoms. The highest BCUT2D eigenvalue weighted by Gasteiger charge is 2.12. The van der Waals surface area contributed by atoms with Gasteiger partial charge in [0, 0.05) is 0 Å². The molecule has 2 heterocycles. The molecule has 2 aromatic heterocycles. The first-order valence-electron chi connectivity index (χ1n) is 7.03.